The number of halogens is 2. The summed E-state index contributed by atoms with van der Waals surface area (Å²) in [5, 5.41) is 8.21. The number of carbonyl (C=O) groups is 1. The average molecular weight is 347 g/mol. The molecule has 0 saturated heterocycles. The molecule has 0 aliphatic rings. The molecule has 0 bridgehead atoms. The van der Waals surface area contributed by atoms with Crippen LogP contribution >= 0.6 is 23.2 Å². The summed E-state index contributed by atoms with van der Waals surface area (Å²) in [6.07, 6.45) is 0. The maximum atomic E-state index is 12.2. The molecule has 0 aliphatic carbocycles. The molecule has 0 radical (unpaired) electrons. The highest BCUT2D eigenvalue weighted by Crippen LogP contribution is 2.16. The summed E-state index contributed by atoms with van der Waals surface area (Å²) >= 11 is 11.7. The van der Waals surface area contributed by atoms with Crippen molar-refractivity contribution in [3.05, 3.63) is 70.2 Å². The number of nitrogens with zero attached hydrogens (tertiary/aromatic N) is 3. The molecular formula is C16H12Cl2N4O. The van der Waals surface area contributed by atoms with Crippen LogP contribution < -0.4 is 5.32 Å². The number of anilines is 1. The highest BCUT2D eigenvalue weighted by Gasteiger charge is 2.15. The SMILES string of the molecule is Cc1nc(C(=O)Nc2ccc(Cl)cc2)nn1-c1ccc(Cl)cc1. The van der Waals surface area contributed by atoms with Crippen LogP contribution in [0.5, 0.6) is 0 Å². The lowest BCUT2D eigenvalue weighted by Crippen LogP contribution is -2.14. The molecule has 0 saturated carbocycles. The van der Waals surface area contributed by atoms with Crippen LogP contribution in [0.4, 0.5) is 5.69 Å². The molecule has 0 fully saturated rings. The van der Waals surface area contributed by atoms with Gasteiger partial charge in [-0.05, 0) is 55.5 Å². The highest BCUT2D eigenvalue weighted by molar-refractivity contribution is 6.30. The molecule has 1 amide bonds. The monoisotopic (exact) mass is 346 g/mol. The second-order valence-corrected chi connectivity index (χ2v) is 5.70. The van der Waals surface area contributed by atoms with Gasteiger partial charge in [0.25, 0.3) is 5.91 Å². The Hall–Kier alpha value is -2.37. The van der Waals surface area contributed by atoms with E-state index in [-0.39, 0.29) is 11.7 Å². The molecule has 0 spiro atoms. The number of nitrogens with one attached hydrogen (secondary N) is 1. The van der Waals surface area contributed by atoms with Gasteiger partial charge in [-0.3, -0.25) is 4.79 Å². The molecule has 1 heterocycles. The molecule has 116 valence electrons. The van der Waals surface area contributed by atoms with E-state index in [1.807, 2.05) is 12.1 Å². The summed E-state index contributed by atoms with van der Waals surface area (Å²) in [6.45, 7) is 1.78. The van der Waals surface area contributed by atoms with Crippen molar-refractivity contribution in [2.24, 2.45) is 0 Å². The maximum Gasteiger partial charge on any atom is 0.295 e. The molecular weight excluding hydrogens is 335 g/mol. The zero-order chi connectivity index (χ0) is 16.4. The third kappa shape index (κ3) is 3.52. The molecule has 5 nitrogen and oxygen atoms in total. The second-order valence-electron chi connectivity index (χ2n) is 4.83. The zero-order valence-corrected chi connectivity index (χ0v) is 13.6. The fraction of sp³-hybridized carbons (Fsp3) is 0.0625. The summed E-state index contributed by atoms with van der Waals surface area (Å²) in [7, 11) is 0. The van der Waals surface area contributed by atoms with Crippen LogP contribution in [0.3, 0.4) is 0 Å². The lowest BCUT2D eigenvalue weighted by molar-refractivity contribution is 0.101. The Balaban J connectivity index is 1.83. The molecule has 0 unspecified atom stereocenters. The van der Waals surface area contributed by atoms with Gasteiger partial charge in [-0.25, -0.2) is 9.67 Å². The van der Waals surface area contributed by atoms with Crippen LogP contribution in [0.2, 0.25) is 10.0 Å². The predicted molar refractivity (Wildman–Crippen MR) is 90.5 cm³/mol. The minimum Gasteiger partial charge on any atom is -0.319 e. The Morgan fingerprint density at radius 3 is 2.17 bits per heavy atom. The van der Waals surface area contributed by atoms with Crippen molar-refractivity contribution in [2.45, 2.75) is 6.92 Å². The van der Waals surface area contributed by atoms with Crippen molar-refractivity contribution in [1.82, 2.24) is 14.8 Å². The molecule has 7 heteroatoms. The number of rotatable bonds is 3. The van der Waals surface area contributed by atoms with Crippen LogP contribution in [0.1, 0.15) is 16.4 Å². The molecule has 0 aliphatic heterocycles. The van der Waals surface area contributed by atoms with Crippen molar-refractivity contribution in [3.63, 3.8) is 0 Å². The average Bonchev–Trinajstić information content (AvgIpc) is 2.92. The van der Waals surface area contributed by atoms with Gasteiger partial charge in [-0.2, -0.15) is 0 Å². The first-order chi connectivity index (χ1) is 11.0. The standard InChI is InChI=1S/C16H12Cl2N4O/c1-10-19-15(16(23)20-13-6-2-11(17)3-7-13)21-22(10)14-8-4-12(18)5-9-14/h2-9H,1H3,(H,20,23). The number of benzene rings is 2. The van der Waals surface area contributed by atoms with Crippen LogP contribution in [0.25, 0.3) is 5.69 Å². The van der Waals surface area contributed by atoms with Gasteiger partial charge in [-0.15, -0.1) is 5.10 Å². The third-order valence-corrected chi connectivity index (χ3v) is 3.65. The molecule has 3 aromatic rings. The van der Waals surface area contributed by atoms with E-state index in [1.165, 1.54) is 0 Å². The zero-order valence-electron chi connectivity index (χ0n) is 12.1. The summed E-state index contributed by atoms with van der Waals surface area (Å²) < 4.78 is 1.59. The Labute approximate surface area is 142 Å². The topological polar surface area (TPSA) is 59.8 Å². The number of aromatic nitrogens is 3. The normalized spacial score (nSPS) is 10.6. The fourth-order valence-corrected chi connectivity index (χ4v) is 2.29. The first-order valence-corrected chi connectivity index (χ1v) is 7.55. The maximum absolute atomic E-state index is 12.2. The van der Waals surface area contributed by atoms with Gasteiger partial charge in [0.2, 0.25) is 5.82 Å². The van der Waals surface area contributed by atoms with Gasteiger partial charge in [0.1, 0.15) is 5.82 Å². The Kier molecular flexibility index (Phi) is 4.32. The Bertz CT molecular complexity index is 842. The van der Waals surface area contributed by atoms with E-state index in [2.05, 4.69) is 15.4 Å². The molecule has 3 rings (SSSR count). The van der Waals surface area contributed by atoms with Gasteiger partial charge in [-0.1, -0.05) is 23.2 Å². The lowest BCUT2D eigenvalue weighted by Gasteiger charge is -2.03. The number of hydrogen-bond acceptors (Lipinski definition) is 3. The van der Waals surface area contributed by atoms with Crippen molar-refractivity contribution in [2.75, 3.05) is 5.32 Å². The van der Waals surface area contributed by atoms with E-state index >= 15 is 0 Å². The van der Waals surface area contributed by atoms with Crippen LogP contribution in [0, 0.1) is 6.92 Å². The largest absolute Gasteiger partial charge is 0.319 e. The minimum atomic E-state index is -0.386. The Morgan fingerprint density at radius 1 is 1.00 bits per heavy atom. The van der Waals surface area contributed by atoms with Crippen molar-refractivity contribution >= 4 is 34.8 Å². The first kappa shape index (κ1) is 15.5. The van der Waals surface area contributed by atoms with Gasteiger partial charge in [0.05, 0.1) is 5.69 Å². The van der Waals surface area contributed by atoms with Gasteiger partial charge >= 0.3 is 0 Å². The van der Waals surface area contributed by atoms with E-state index in [9.17, 15) is 4.79 Å². The quantitative estimate of drug-likeness (QED) is 0.775. The summed E-state index contributed by atoms with van der Waals surface area (Å²) in [4.78, 5) is 16.5. The third-order valence-electron chi connectivity index (χ3n) is 3.15. The number of hydrogen-bond donors (Lipinski definition) is 1. The fourth-order valence-electron chi connectivity index (χ4n) is 2.03. The van der Waals surface area contributed by atoms with Crippen molar-refractivity contribution in [1.29, 1.82) is 0 Å². The van der Waals surface area contributed by atoms with E-state index in [0.29, 0.717) is 21.6 Å². The number of amides is 1. The van der Waals surface area contributed by atoms with E-state index in [1.54, 1.807) is 48.0 Å². The summed E-state index contributed by atoms with van der Waals surface area (Å²) in [5.74, 6) is 0.309. The highest BCUT2D eigenvalue weighted by atomic mass is 35.5. The van der Waals surface area contributed by atoms with E-state index in [4.69, 9.17) is 23.2 Å². The van der Waals surface area contributed by atoms with Gasteiger partial charge in [0, 0.05) is 15.7 Å². The van der Waals surface area contributed by atoms with Crippen molar-refractivity contribution < 1.29 is 4.79 Å². The lowest BCUT2D eigenvalue weighted by atomic mass is 10.3. The van der Waals surface area contributed by atoms with Crippen LogP contribution in [0.15, 0.2) is 48.5 Å². The molecule has 2 aromatic carbocycles. The van der Waals surface area contributed by atoms with Crippen LogP contribution in [-0.4, -0.2) is 20.7 Å². The molecule has 1 aromatic heterocycles. The Morgan fingerprint density at radius 2 is 1.57 bits per heavy atom. The van der Waals surface area contributed by atoms with Gasteiger partial charge < -0.3 is 5.32 Å². The number of carbonyl (C=O) groups excluding carboxylic acids is 1. The summed E-state index contributed by atoms with van der Waals surface area (Å²) in [5.41, 5.74) is 1.41. The molecule has 23 heavy (non-hydrogen) atoms. The smallest absolute Gasteiger partial charge is 0.295 e. The van der Waals surface area contributed by atoms with E-state index < -0.39 is 0 Å². The van der Waals surface area contributed by atoms with Crippen molar-refractivity contribution in [3.8, 4) is 5.69 Å². The summed E-state index contributed by atoms with van der Waals surface area (Å²) in [6, 6.07) is 13.9. The van der Waals surface area contributed by atoms with Gasteiger partial charge in [0.15, 0.2) is 0 Å². The van der Waals surface area contributed by atoms with Crippen LogP contribution in [-0.2, 0) is 0 Å². The first-order valence-electron chi connectivity index (χ1n) is 6.79. The molecule has 0 atom stereocenters. The molecule has 1 N–H and O–H groups in total. The van der Waals surface area contributed by atoms with E-state index in [0.717, 1.165) is 5.69 Å². The number of aryl methyl sites for hydroxylation is 1. The second kappa shape index (κ2) is 6.40. The minimum absolute atomic E-state index is 0.0902. The predicted octanol–water partition coefficient (Wildman–Crippen LogP) is 4.13.